The summed E-state index contributed by atoms with van der Waals surface area (Å²) in [5.74, 6) is 0. The molecule has 1 saturated carbocycles. The van der Waals surface area contributed by atoms with Crippen LogP contribution in [-0.2, 0) is 9.84 Å². The predicted molar refractivity (Wildman–Crippen MR) is 64.5 cm³/mol. The Morgan fingerprint density at radius 2 is 1.71 bits per heavy atom. The molecule has 0 bridgehead atoms. The van der Waals surface area contributed by atoms with Crippen molar-refractivity contribution in [2.75, 3.05) is 19.3 Å². The van der Waals surface area contributed by atoms with Gasteiger partial charge in [0.15, 0.2) is 0 Å². The molecule has 4 unspecified atom stereocenters. The smallest absolute Gasteiger partial charge is 0.150 e. The molecule has 2 N–H and O–H groups in total. The van der Waals surface area contributed by atoms with Gasteiger partial charge in [-0.15, -0.1) is 0 Å². The molecule has 0 aromatic rings. The summed E-state index contributed by atoms with van der Waals surface area (Å²) in [5.41, 5.74) is 0. The lowest BCUT2D eigenvalue weighted by atomic mass is 9.94. The normalized spacial score (nSPS) is 40.6. The van der Waals surface area contributed by atoms with Gasteiger partial charge < -0.3 is 10.2 Å². The van der Waals surface area contributed by atoms with Crippen LogP contribution in [0.25, 0.3) is 0 Å². The summed E-state index contributed by atoms with van der Waals surface area (Å²) < 4.78 is 23.1. The van der Waals surface area contributed by atoms with Gasteiger partial charge in [-0.2, -0.15) is 0 Å². The summed E-state index contributed by atoms with van der Waals surface area (Å²) in [6, 6.07) is 0.190. The molecule has 2 aliphatic rings. The van der Waals surface area contributed by atoms with Crippen LogP contribution in [0.1, 0.15) is 25.7 Å². The second kappa shape index (κ2) is 4.84. The molecule has 0 radical (unpaired) electrons. The fraction of sp³-hybridized carbons (Fsp3) is 1.00. The minimum absolute atomic E-state index is 0.190. The number of hydrogen-bond donors (Lipinski definition) is 2. The third kappa shape index (κ3) is 2.99. The third-order valence-electron chi connectivity index (χ3n) is 4.01. The highest BCUT2D eigenvalue weighted by Gasteiger charge is 2.37. The molecule has 0 spiro atoms. The maximum absolute atomic E-state index is 11.6. The van der Waals surface area contributed by atoms with Crippen LogP contribution >= 0.6 is 0 Å². The number of β-amino-alcohol motifs (C(OH)–C–C–N with tert-alkyl or cyclic N) is 2. The predicted octanol–water partition coefficient (Wildman–Crippen LogP) is -0.620. The molecule has 4 atom stereocenters. The van der Waals surface area contributed by atoms with E-state index in [-0.39, 0.29) is 11.3 Å². The van der Waals surface area contributed by atoms with E-state index < -0.39 is 22.0 Å². The van der Waals surface area contributed by atoms with Gasteiger partial charge in [0.2, 0.25) is 0 Å². The quantitative estimate of drug-likeness (QED) is 0.694. The summed E-state index contributed by atoms with van der Waals surface area (Å²) in [5, 5.41) is 18.8. The van der Waals surface area contributed by atoms with Crippen LogP contribution in [0.15, 0.2) is 0 Å². The monoisotopic (exact) mass is 263 g/mol. The molecule has 1 aliphatic heterocycles. The van der Waals surface area contributed by atoms with Gasteiger partial charge in [-0.1, -0.05) is 6.42 Å². The molecule has 2 fully saturated rings. The van der Waals surface area contributed by atoms with Crippen LogP contribution in [0, 0.1) is 0 Å². The highest BCUT2D eigenvalue weighted by Crippen LogP contribution is 2.29. The maximum Gasteiger partial charge on any atom is 0.150 e. The van der Waals surface area contributed by atoms with Crippen molar-refractivity contribution in [2.45, 2.75) is 49.2 Å². The first-order valence-electron chi connectivity index (χ1n) is 6.17. The number of aliphatic hydroxyl groups is 2. The van der Waals surface area contributed by atoms with Crippen LogP contribution in [0.4, 0.5) is 0 Å². The molecule has 5 nitrogen and oxygen atoms in total. The third-order valence-corrected chi connectivity index (χ3v) is 5.65. The lowest BCUT2D eigenvalue weighted by Crippen LogP contribution is -2.41. The average Bonchev–Trinajstić information content (AvgIpc) is 2.58. The van der Waals surface area contributed by atoms with E-state index in [2.05, 4.69) is 0 Å². The SMILES string of the molecule is CS(=O)(=O)C1CCCC(N2CC(O)C(O)C2)C1. The minimum Gasteiger partial charge on any atom is -0.389 e. The Labute approximate surface area is 102 Å². The minimum atomic E-state index is -2.97. The first-order chi connectivity index (χ1) is 7.88. The number of rotatable bonds is 2. The molecule has 1 saturated heterocycles. The topological polar surface area (TPSA) is 77.8 Å². The van der Waals surface area contributed by atoms with Crippen molar-refractivity contribution in [1.29, 1.82) is 0 Å². The van der Waals surface area contributed by atoms with Crippen molar-refractivity contribution in [3.8, 4) is 0 Å². The number of hydrogen-bond acceptors (Lipinski definition) is 5. The zero-order valence-electron chi connectivity index (χ0n) is 10.1. The van der Waals surface area contributed by atoms with Crippen molar-refractivity contribution < 1.29 is 18.6 Å². The van der Waals surface area contributed by atoms with Gasteiger partial charge in [-0.3, -0.25) is 4.90 Å². The van der Waals surface area contributed by atoms with Gasteiger partial charge in [0.25, 0.3) is 0 Å². The van der Waals surface area contributed by atoms with Crippen molar-refractivity contribution in [3.05, 3.63) is 0 Å². The molecule has 100 valence electrons. The second-order valence-electron chi connectivity index (χ2n) is 5.36. The Morgan fingerprint density at radius 3 is 2.24 bits per heavy atom. The Kier molecular flexibility index (Phi) is 3.77. The van der Waals surface area contributed by atoms with Crippen LogP contribution in [0.2, 0.25) is 0 Å². The van der Waals surface area contributed by atoms with Crippen molar-refractivity contribution in [3.63, 3.8) is 0 Å². The lowest BCUT2D eigenvalue weighted by molar-refractivity contribution is 0.0572. The fourth-order valence-electron chi connectivity index (χ4n) is 2.94. The average molecular weight is 263 g/mol. The summed E-state index contributed by atoms with van der Waals surface area (Å²) in [7, 11) is -2.97. The van der Waals surface area contributed by atoms with Crippen LogP contribution in [-0.4, -0.2) is 66.4 Å². The number of sulfone groups is 1. The molecule has 0 aromatic carbocycles. The first-order valence-corrected chi connectivity index (χ1v) is 8.12. The van der Waals surface area contributed by atoms with Crippen LogP contribution < -0.4 is 0 Å². The largest absolute Gasteiger partial charge is 0.389 e. The molecular formula is C11H21NO4S. The second-order valence-corrected chi connectivity index (χ2v) is 7.69. The first kappa shape index (κ1) is 13.3. The summed E-state index contributed by atoms with van der Waals surface area (Å²) in [6.45, 7) is 0.921. The van der Waals surface area contributed by atoms with E-state index in [1.54, 1.807) is 0 Å². The van der Waals surface area contributed by atoms with Gasteiger partial charge in [0, 0.05) is 25.4 Å². The Balaban J connectivity index is 1.99. The highest BCUT2D eigenvalue weighted by atomic mass is 32.2. The van der Waals surface area contributed by atoms with Crippen molar-refractivity contribution >= 4 is 9.84 Å². The molecule has 2 rings (SSSR count). The van der Waals surface area contributed by atoms with Gasteiger partial charge in [0.05, 0.1) is 17.5 Å². The van der Waals surface area contributed by atoms with E-state index in [9.17, 15) is 18.6 Å². The highest BCUT2D eigenvalue weighted by molar-refractivity contribution is 7.91. The van der Waals surface area contributed by atoms with E-state index >= 15 is 0 Å². The Morgan fingerprint density at radius 1 is 1.12 bits per heavy atom. The molecule has 0 aromatic heterocycles. The molecule has 6 heteroatoms. The van der Waals surface area contributed by atoms with Gasteiger partial charge >= 0.3 is 0 Å². The van der Waals surface area contributed by atoms with E-state index in [4.69, 9.17) is 0 Å². The Bertz CT molecular complexity index is 360. The van der Waals surface area contributed by atoms with E-state index in [0.29, 0.717) is 19.5 Å². The number of aliphatic hydroxyl groups excluding tert-OH is 2. The summed E-state index contributed by atoms with van der Waals surface area (Å²) >= 11 is 0. The summed E-state index contributed by atoms with van der Waals surface area (Å²) in [4.78, 5) is 2.03. The van der Waals surface area contributed by atoms with Gasteiger partial charge in [-0.05, 0) is 19.3 Å². The van der Waals surface area contributed by atoms with Crippen molar-refractivity contribution in [2.24, 2.45) is 0 Å². The van der Waals surface area contributed by atoms with E-state index in [1.165, 1.54) is 6.26 Å². The van der Waals surface area contributed by atoms with Crippen LogP contribution in [0.5, 0.6) is 0 Å². The fourth-order valence-corrected chi connectivity index (χ4v) is 4.10. The Hall–Kier alpha value is -0.170. The molecule has 17 heavy (non-hydrogen) atoms. The number of nitrogens with zero attached hydrogens (tertiary/aromatic N) is 1. The lowest BCUT2D eigenvalue weighted by Gasteiger charge is -2.34. The maximum atomic E-state index is 11.6. The molecule has 1 aliphatic carbocycles. The molecular weight excluding hydrogens is 242 g/mol. The molecule has 1 heterocycles. The van der Waals surface area contributed by atoms with Gasteiger partial charge in [-0.25, -0.2) is 8.42 Å². The number of likely N-dealkylation sites (tertiary alicyclic amines) is 1. The zero-order valence-corrected chi connectivity index (χ0v) is 10.9. The van der Waals surface area contributed by atoms with E-state index in [0.717, 1.165) is 19.3 Å². The van der Waals surface area contributed by atoms with E-state index in [1.807, 2.05) is 4.90 Å². The zero-order chi connectivity index (χ0) is 12.6. The van der Waals surface area contributed by atoms with Crippen LogP contribution in [0.3, 0.4) is 0 Å². The van der Waals surface area contributed by atoms with Gasteiger partial charge in [0.1, 0.15) is 9.84 Å². The summed E-state index contributed by atoms with van der Waals surface area (Å²) in [6.07, 6.45) is 3.18. The van der Waals surface area contributed by atoms with Crippen molar-refractivity contribution in [1.82, 2.24) is 4.90 Å². The standard InChI is InChI=1S/C11H21NO4S/c1-17(15,16)9-4-2-3-8(5-9)12-6-10(13)11(14)7-12/h8-11,13-14H,2-7H2,1H3. The molecule has 0 amide bonds.